The van der Waals surface area contributed by atoms with E-state index in [-0.39, 0.29) is 16.7 Å². The number of aromatic nitrogens is 1. The summed E-state index contributed by atoms with van der Waals surface area (Å²) in [6.07, 6.45) is 0. The number of thiazole rings is 1. The molecule has 0 radical (unpaired) electrons. The number of hydrogen-bond donors (Lipinski definition) is 1. The molecule has 1 fully saturated rings. The van der Waals surface area contributed by atoms with E-state index >= 15 is 0 Å². The van der Waals surface area contributed by atoms with E-state index in [2.05, 4.69) is 20.8 Å². The fourth-order valence-corrected chi connectivity index (χ4v) is 6.03. The lowest BCUT2D eigenvalue weighted by Crippen LogP contribution is -2.29. The van der Waals surface area contributed by atoms with Gasteiger partial charge in [0.2, 0.25) is 0 Å². The minimum Gasteiger partial charge on any atom is -0.507 e. The van der Waals surface area contributed by atoms with Gasteiger partial charge in [0.1, 0.15) is 5.76 Å². The van der Waals surface area contributed by atoms with E-state index in [1.165, 1.54) is 16.2 Å². The van der Waals surface area contributed by atoms with Crippen LogP contribution in [-0.4, -0.2) is 21.8 Å². The van der Waals surface area contributed by atoms with Gasteiger partial charge in [0.15, 0.2) is 5.13 Å². The molecule has 188 valence electrons. The van der Waals surface area contributed by atoms with Crippen molar-refractivity contribution in [3.63, 3.8) is 0 Å². The number of amides is 1. The Bertz CT molecular complexity index is 1580. The molecule has 1 aliphatic rings. The van der Waals surface area contributed by atoms with Gasteiger partial charge in [-0.25, -0.2) is 4.98 Å². The molecule has 0 unspecified atom stereocenters. The standard InChI is InChI=1S/C30H27ClN2O3S/c1-16-14-17(2)24-22(15-16)37-29(32-24)33-25(18-6-10-20(11-7-18)30(3,4)5)23(27(35)28(33)36)26(34)19-8-12-21(31)13-9-19/h6-15,25,34H,1-5H3/b26-23+/t25-/m0/s1. The van der Waals surface area contributed by atoms with Crippen LogP contribution in [0.1, 0.15) is 54.6 Å². The lowest BCUT2D eigenvalue weighted by molar-refractivity contribution is -0.132. The lowest BCUT2D eigenvalue weighted by Gasteiger charge is -2.24. The van der Waals surface area contributed by atoms with Gasteiger partial charge in [-0.3, -0.25) is 14.5 Å². The number of Topliss-reactive ketones (excluding diaryl/α,β-unsaturated/α-hetero) is 1. The number of aliphatic hydroxyl groups excluding tert-OH is 1. The molecule has 1 saturated heterocycles. The van der Waals surface area contributed by atoms with Crippen LogP contribution in [0.5, 0.6) is 0 Å². The Morgan fingerprint density at radius 1 is 1.00 bits per heavy atom. The highest BCUT2D eigenvalue weighted by molar-refractivity contribution is 7.22. The summed E-state index contributed by atoms with van der Waals surface area (Å²) in [6, 6.07) is 17.6. The summed E-state index contributed by atoms with van der Waals surface area (Å²) >= 11 is 7.40. The zero-order valence-corrected chi connectivity index (χ0v) is 22.9. The summed E-state index contributed by atoms with van der Waals surface area (Å²) < 4.78 is 0.939. The number of nitrogens with zero attached hydrogens (tertiary/aromatic N) is 2. The first-order valence-corrected chi connectivity index (χ1v) is 13.2. The van der Waals surface area contributed by atoms with Crippen LogP contribution in [0.15, 0.2) is 66.2 Å². The van der Waals surface area contributed by atoms with Crippen molar-refractivity contribution in [2.45, 2.75) is 46.1 Å². The van der Waals surface area contributed by atoms with Crippen LogP contribution in [0.25, 0.3) is 16.0 Å². The molecule has 3 aromatic carbocycles. The molecule has 0 spiro atoms. The summed E-state index contributed by atoms with van der Waals surface area (Å²) in [4.78, 5) is 33.2. The van der Waals surface area contributed by atoms with E-state index in [1.807, 2.05) is 50.2 Å². The average molecular weight is 531 g/mol. The molecule has 1 aliphatic heterocycles. The smallest absolute Gasteiger partial charge is 0.301 e. The largest absolute Gasteiger partial charge is 0.507 e. The summed E-state index contributed by atoms with van der Waals surface area (Å²) in [5, 5.41) is 12.2. The summed E-state index contributed by atoms with van der Waals surface area (Å²) in [5.74, 6) is -1.70. The van der Waals surface area contributed by atoms with Gasteiger partial charge >= 0.3 is 5.91 Å². The van der Waals surface area contributed by atoms with Crippen molar-refractivity contribution in [3.8, 4) is 0 Å². The predicted molar refractivity (Wildman–Crippen MR) is 150 cm³/mol. The molecular weight excluding hydrogens is 504 g/mol. The maximum Gasteiger partial charge on any atom is 0.301 e. The Balaban J connectivity index is 1.73. The monoisotopic (exact) mass is 530 g/mol. The summed E-state index contributed by atoms with van der Waals surface area (Å²) in [6.45, 7) is 10.4. The fraction of sp³-hybridized carbons (Fsp3) is 0.233. The van der Waals surface area contributed by atoms with Crippen molar-refractivity contribution in [1.82, 2.24) is 4.98 Å². The first-order chi connectivity index (χ1) is 17.5. The molecule has 7 heteroatoms. The van der Waals surface area contributed by atoms with Crippen molar-refractivity contribution >= 4 is 55.7 Å². The number of carbonyl (C=O) groups is 2. The number of aliphatic hydroxyl groups is 1. The second-order valence-electron chi connectivity index (χ2n) is 10.5. The van der Waals surface area contributed by atoms with Gasteiger partial charge in [0, 0.05) is 10.6 Å². The average Bonchev–Trinajstić information content (AvgIpc) is 3.37. The fourth-order valence-electron chi connectivity index (χ4n) is 4.74. The van der Waals surface area contributed by atoms with Crippen LogP contribution in [0, 0.1) is 13.8 Å². The number of fused-ring (bicyclic) bond motifs is 1. The molecule has 1 atom stereocenters. The number of ketones is 1. The quantitative estimate of drug-likeness (QED) is 0.169. The molecule has 1 N–H and O–H groups in total. The topological polar surface area (TPSA) is 70.5 Å². The molecule has 5 nitrogen and oxygen atoms in total. The van der Waals surface area contributed by atoms with Crippen molar-refractivity contribution in [2.75, 3.05) is 4.90 Å². The van der Waals surface area contributed by atoms with E-state index in [4.69, 9.17) is 16.6 Å². The van der Waals surface area contributed by atoms with Crippen molar-refractivity contribution in [2.24, 2.45) is 0 Å². The zero-order valence-electron chi connectivity index (χ0n) is 21.3. The predicted octanol–water partition coefficient (Wildman–Crippen LogP) is 7.49. The Morgan fingerprint density at radius 3 is 2.27 bits per heavy atom. The molecule has 37 heavy (non-hydrogen) atoms. The number of aryl methyl sites for hydroxylation is 2. The van der Waals surface area contributed by atoms with Gasteiger partial charge in [-0.1, -0.05) is 74.0 Å². The molecule has 1 aromatic heterocycles. The molecule has 4 aromatic rings. The van der Waals surface area contributed by atoms with Gasteiger partial charge in [-0.05, 0) is 71.8 Å². The minimum atomic E-state index is -0.827. The third kappa shape index (κ3) is 4.45. The normalized spacial score (nSPS) is 17.7. The van der Waals surface area contributed by atoms with Gasteiger partial charge in [0.05, 0.1) is 21.8 Å². The Labute approximate surface area is 225 Å². The Kier molecular flexibility index (Phi) is 6.21. The molecule has 2 heterocycles. The van der Waals surface area contributed by atoms with Crippen LogP contribution in [-0.2, 0) is 15.0 Å². The van der Waals surface area contributed by atoms with E-state index < -0.39 is 17.7 Å². The first kappa shape index (κ1) is 25.2. The van der Waals surface area contributed by atoms with Crippen LogP contribution in [0.4, 0.5) is 5.13 Å². The third-order valence-electron chi connectivity index (χ3n) is 6.68. The number of anilines is 1. The Hall–Kier alpha value is -3.48. The van der Waals surface area contributed by atoms with Gasteiger partial charge < -0.3 is 5.11 Å². The first-order valence-electron chi connectivity index (χ1n) is 12.0. The Morgan fingerprint density at radius 2 is 1.65 bits per heavy atom. The molecular formula is C30H27ClN2O3S. The molecule has 0 bridgehead atoms. The van der Waals surface area contributed by atoms with E-state index in [0.717, 1.165) is 32.5 Å². The second-order valence-corrected chi connectivity index (χ2v) is 11.9. The molecule has 1 amide bonds. The number of benzene rings is 3. The zero-order chi connectivity index (χ0) is 26.6. The number of carbonyl (C=O) groups excluding carboxylic acids is 2. The number of rotatable bonds is 3. The molecule has 0 aliphatic carbocycles. The van der Waals surface area contributed by atoms with E-state index in [9.17, 15) is 14.7 Å². The van der Waals surface area contributed by atoms with Gasteiger partial charge in [0.25, 0.3) is 5.78 Å². The maximum atomic E-state index is 13.5. The highest BCUT2D eigenvalue weighted by Crippen LogP contribution is 2.45. The highest BCUT2D eigenvalue weighted by atomic mass is 35.5. The molecule has 0 saturated carbocycles. The number of hydrogen-bond acceptors (Lipinski definition) is 5. The second kappa shape index (κ2) is 9.12. The highest BCUT2D eigenvalue weighted by Gasteiger charge is 2.48. The summed E-state index contributed by atoms with van der Waals surface area (Å²) in [7, 11) is 0. The van der Waals surface area contributed by atoms with Crippen molar-refractivity contribution < 1.29 is 14.7 Å². The number of halogens is 1. The minimum absolute atomic E-state index is 0.0305. The lowest BCUT2D eigenvalue weighted by atomic mass is 9.85. The van der Waals surface area contributed by atoms with Crippen LogP contribution >= 0.6 is 22.9 Å². The van der Waals surface area contributed by atoms with E-state index in [0.29, 0.717) is 15.7 Å². The van der Waals surface area contributed by atoms with Crippen LogP contribution in [0.2, 0.25) is 5.02 Å². The summed E-state index contributed by atoms with van der Waals surface area (Å²) in [5.41, 5.74) is 5.11. The van der Waals surface area contributed by atoms with Crippen LogP contribution < -0.4 is 4.90 Å². The van der Waals surface area contributed by atoms with E-state index in [1.54, 1.807) is 24.3 Å². The van der Waals surface area contributed by atoms with Crippen molar-refractivity contribution in [3.05, 3.63) is 99.1 Å². The van der Waals surface area contributed by atoms with Crippen LogP contribution in [0.3, 0.4) is 0 Å². The third-order valence-corrected chi connectivity index (χ3v) is 7.93. The van der Waals surface area contributed by atoms with Crippen molar-refractivity contribution in [1.29, 1.82) is 0 Å². The maximum absolute atomic E-state index is 13.5. The van der Waals surface area contributed by atoms with Gasteiger partial charge in [-0.15, -0.1) is 0 Å². The van der Waals surface area contributed by atoms with Gasteiger partial charge in [-0.2, -0.15) is 0 Å². The molecule has 5 rings (SSSR count). The SMILES string of the molecule is Cc1cc(C)c2nc(N3C(=O)C(=O)/C(=C(/O)c4ccc(Cl)cc4)[C@@H]3c3ccc(C(C)(C)C)cc3)sc2c1.